The van der Waals surface area contributed by atoms with Gasteiger partial charge in [-0.15, -0.1) is 0 Å². The molecule has 10 heteroatoms. The maximum atomic E-state index is 13.4. The molecule has 4 N–H and O–H groups in total. The lowest BCUT2D eigenvalue weighted by atomic mass is 9.96. The SMILES string of the molecule is Cc1cc(-c2c(CNC(=O)O)nc(N)nc2-c2ccc(F)cc2)cc(C(F)F)n1. The van der Waals surface area contributed by atoms with Crippen LogP contribution in [0.4, 0.5) is 23.9 Å². The fourth-order valence-electron chi connectivity index (χ4n) is 2.88. The van der Waals surface area contributed by atoms with Crippen molar-refractivity contribution in [3.63, 3.8) is 0 Å². The zero-order valence-electron chi connectivity index (χ0n) is 15.2. The molecule has 3 aromatic rings. The Balaban J connectivity index is 2.29. The lowest BCUT2D eigenvalue weighted by Crippen LogP contribution is -2.22. The second-order valence-electron chi connectivity index (χ2n) is 6.14. The Morgan fingerprint density at radius 2 is 1.83 bits per heavy atom. The Morgan fingerprint density at radius 3 is 2.45 bits per heavy atom. The van der Waals surface area contributed by atoms with Crippen molar-refractivity contribution in [2.24, 2.45) is 0 Å². The van der Waals surface area contributed by atoms with Crippen LogP contribution in [0.5, 0.6) is 0 Å². The fraction of sp³-hybridized carbons (Fsp3) is 0.158. The van der Waals surface area contributed by atoms with E-state index in [1.54, 1.807) is 13.0 Å². The van der Waals surface area contributed by atoms with Gasteiger partial charge in [0.25, 0.3) is 6.43 Å². The number of hydrogen-bond donors (Lipinski definition) is 3. The maximum Gasteiger partial charge on any atom is 0.404 e. The Hall–Kier alpha value is -3.69. The van der Waals surface area contributed by atoms with Gasteiger partial charge >= 0.3 is 6.09 Å². The van der Waals surface area contributed by atoms with Gasteiger partial charge in [-0.25, -0.2) is 27.9 Å². The number of alkyl halides is 2. The van der Waals surface area contributed by atoms with Crippen LogP contribution in [-0.2, 0) is 6.54 Å². The van der Waals surface area contributed by atoms with Crippen molar-refractivity contribution in [3.05, 3.63) is 59.3 Å². The number of halogens is 3. The molecule has 3 rings (SSSR count). The molecule has 0 aliphatic carbocycles. The van der Waals surface area contributed by atoms with Crippen LogP contribution in [0.3, 0.4) is 0 Å². The van der Waals surface area contributed by atoms with Gasteiger partial charge in [-0.1, -0.05) is 0 Å². The first-order chi connectivity index (χ1) is 13.7. The third-order valence-electron chi connectivity index (χ3n) is 4.01. The molecule has 150 valence electrons. The van der Waals surface area contributed by atoms with E-state index in [1.165, 1.54) is 30.3 Å². The summed E-state index contributed by atoms with van der Waals surface area (Å²) in [5.74, 6) is -0.611. The zero-order valence-corrected chi connectivity index (χ0v) is 15.2. The average molecular weight is 403 g/mol. The van der Waals surface area contributed by atoms with E-state index in [0.717, 1.165) is 0 Å². The number of nitrogens with one attached hydrogen (secondary N) is 1. The molecule has 0 bridgehead atoms. The number of anilines is 1. The van der Waals surface area contributed by atoms with Gasteiger partial charge in [0.2, 0.25) is 5.95 Å². The van der Waals surface area contributed by atoms with E-state index in [0.29, 0.717) is 22.4 Å². The van der Waals surface area contributed by atoms with Gasteiger partial charge in [0, 0.05) is 16.8 Å². The highest BCUT2D eigenvalue weighted by Gasteiger charge is 2.20. The minimum absolute atomic E-state index is 0.143. The molecule has 0 fully saturated rings. The average Bonchev–Trinajstić information content (AvgIpc) is 2.65. The molecule has 0 atom stereocenters. The number of amides is 1. The summed E-state index contributed by atoms with van der Waals surface area (Å²) in [5.41, 5.74) is 7.18. The molecule has 0 saturated carbocycles. The largest absolute Gasteiger partial charge is 0.465 e. The molecule has 0 aliphatic rings. The number of benzene rings is 1. The first-order valence-electron chi connectivity index (χ1n) is 8.41. The monoisotopic (exact) mass is 403 g/mol. The number of hydrogen-bond acceptors (Lipinski definition) is 5. The second-order valence-corrected chi connectivity index (χ2v) is 6.14. The molecule has 0 spiro atoms. The lowest BCUT2D eigenvalue weighted by molar-refractivity contribution is 0.146. The first-order valence-corrected chi connectivity index (χ1v) is 8.41. The second kappa shape index (κ2) is 8.13. The van der Waals surface area contributed by atoms with Crippen LogP contribution in [0.25, 0.3) is 22.4 Å². The van der Waals surface area contributed by atoms with Gasteiger partial charge in [0.1, 0.15) is 11.5 Å². The van der Waals surface area contributed by atoms with Crippen molar-refractivity contribution < 1.29 is 23.1 Å². The smallest absolute Gasteiger partial charge is 0.404 e. The molecule has 2 heterocycles. The van der Waals surface area contributed by atoms with Crippen molar-refractivity contribution in [1.29, 1.82) is 0 Å². The van der Waals surface area contributed by atoms with Crippen molar-refractivity contribution in [2.75, 3.05) is 5.73 Å². The molecule has 0 aliphatic heterocycles. The van der Waals surface area contributed by atoms with Gasteiger partial charge in [0.05, 0.1) is 17.9 Å². The minimum atomic E-state index is -2.81. The summed E-state index contributed by atoms with van der Waals surface area (Å²) in [7, 11) is 0. The van der Waals surface area contributed by atoms with Gasteiger partial charge in [-0.2, -0.15) is 0 Å². The molecule has 29 heavy (non-hydrogen) atoms. The third-order valence-corrected chi connectivity index (χ3v) is 4.01. The number of nitrogens with zero attached hydrogens (tertiary/aromatic N) is 3. The topological polar surface area (TPSA) is 114 Å². The Morgan fingerprint density at radius 1 is 1.14 bits per heavy atom. The van der Waals surface area contributed by atoms with E-state index in [1.807, 2.05) is 0 Å². The van der Waals surface area contributed by atoms with Crippen LogP contribution >= 0.6 is 0 Å². The third kappa shape index (κ3) is 4.60. The summed E-state index contributed by atoms with van der Waals surface area (Å²) >= 11 is 0. The van der Waals surface area contributed by atoms with Crippen LogP contribution in [0, 0.1) is 12.7 Å². The number of pyridine rings is 1. The van der Waals surface area contributed by atoms with Gasteiger partial charge in [-0.3, -0.25) is 4.98 Å². The minimum Gasteiger partial charge on any atom is -0.465 e. The van der Waals surface area contributed by atoms with Crippen molar-refractivity contribution in [2.45, 2.75) is 19.9 Å². The highest BCUT2D eigenvalue weighted by molar-refractivity contribution is 5.83. The summed E-state index contributed by atoms with van der Waals surface area (Å²) in [6, 6.07) is 8.08. The highest BCUT2D eigenvalue weighted by atomic mass is 19.3. The van der Waals surface area contributed by atoms with Gasteiger partial charge in [-0.05, 0) is 48.9 Å². The number of nitrogen functional groups attached to an aromatic ring is 1. The van der Waals surface area contributed by atoms with E-state index in [-0.39, 0.29) is 23.9 Å². The molecule has 0 saturated heterocycles. The molecule has 1 aromatic carbocycles. The van der Waals surface area contributed by atoms with Crippen LogP contribution < -0.4 is 11.1 Å². The van der Waals surface area contributed by atoms with Crippen molar-refractivity contribution in [1.82, 2.24) is 20.3 Å². The lowest BCUT2D eigenvalue weighted by Gasteiger charge is -2.16. The fourth-order valence-corrected chi connectivity index (χ4v) is 2.88. The predicted molar refractivity (Wildman–Crippen MR) is 99.6 cm³/mol. The number of aryl methyl sites for hydroxylation is 1. The molecule has 0 unspecified atom stereocenters. The van der Waals surface area contributed by atoms with Gasteiger partial charge in [0.15, 0.2) is 0 Å². The Kier molecular flexibility index (Phi) is 5.62. The number of rotatable bonds is 5. The van der Waals surface area contributed by atoms with Crippen molar-refractivity contribution >= 4 is 12.0 Å². The molecule has 2 aromatic heterocycles. The number of aromatic nitrogens is 3. The maximum absolute atomic E-state index is 13.4. The van der Waals surface area contributed by atoms with E-state index in [9.17, 15) is 18.0 Å². The van der Waals surface area contributed by atoms with Crippen LogP contribution in [0.2, 0.25) is 0 Å². The van der Waals surface area contributed by atoms with Crippen LogP contribution in [-0.4, -0.2) is 26.2 Å². The number of nitrogens with two attached hydrogens (primary N) is 1. The van der Waals surface area contributed by atoms with Crippen LogP contribution in [0.1, 0.15) is 23.5 Å². The molecule has 7 nitrogen and oxygen atoms in total. The normalized spacial score (nSPS) is 10.9. The molecular weight excluding hydrogens is 387 g/mol. The number of carbonyl (C=O) groups is 1. The highest BCUT2D eigenvalue weighted by Crippen LogP contribution is 2.35. The predicted octanol–water partition coefficient (Wildman–Crippen LogP) is 3.94. The Bertz CT molecular complexity index is 1060. The summed E-state index contributed by atoms with van der Waals surface area (Å²) in [6.07, 6.45) is -4.10. The standard InChI is InChI=1S/C19H16F3N5O2/c1-9-6-11(7-13(25-9)17(21)22)15-14(8-24-19(28)29)26-18(23)27-16(15)10-2-4-12(20)5-3-10/h2-7,17,24H,8H2,1H3,(H,28,29)(H2,23,26,27). The summed E-state index contributed by atoms with van der Waals surface area (Å²) in [5, 5.41) is 11.1. The first kappa shape index (κ1) is 20.1. The van der Waals surface area contributed by atoms with E-state index < -0.39 is 24.0 Å². The van der Waals surface area contributed by atoms with E-state index in [4.69, 9.17) is 10.8 Å². The summed E-state index contributed by atoms with van der Waals surface area (Å²) in [6.45, 7) is 1.32. The van der Waals surface area contributed by atoms with E-state index >= 15 is 0 Å². The Labute approximate surface area is 163 Å². The van der Waals surface area contributed by atoms with Crippen LogP contribution in [0.15, 0.2) is 36.4 Å². The molecular formula is C19H16F3N5O2. The summed E-state index contributed by atoms with van der Waals surface area (Å²) in [4.78, 5) is 23.1. The zero-order chi connectivity index (χ0) is 21.1. The van der Waals surface area contributed by atoms with E-state index in [2.05, 4.69) is 20.3 Å². The van der Waals surface area contributed by atoms with Crippen molar-refractivity contribution in [3.8, 4) is 22.4 Å². The quantitative estimate of drug-likeness (QED) is 0.595. The number of carboxylic acid groups (broad SMARTS) is 1. The molecule has 1 amide bonds. The molecule has 0 radical (unpaired) electrons. The summed E-state index contributed by atoms with van der Waals surface area (Å²) < 4.78 is 39.9. The van der Waals surface area contributed by atoms with Gasteiger partial charge < -0.3 is 16.2 Å².